The van der Waals surface area contributed by atoms with Crippen molar-refractivity contribution in [1.29, 1.82) is 0 Å². The molecule has 0 unspecified atom stereocenters. The van der Waals surface area contributed by atoms with Crippen LogP contribution in [0.15, 0.2) is 78.9 Å². The Morgan fingerprint density at radius 3 is 1.80 bits per heavy atom. The molecule has 3 aromatic rings. The predicted octanol–water partition coefficient (Wildman–Crippen LogP) is 4.34. The van der Waals surface area contributed by atoms with Crippen molar-refractivity contribution in [1.82, 2.24) is 4.90 Å². The van der Waals surface area contributed by atoms with E-state index in [1.165, 1.54) is 0 Å². The molecule has 1 N–H and O–H groups in total. The summed E-state index contributed by atoms with van der Waals surface area (Å²) in [4.78, 5) is 2.13. The number of hydrogen-bond donors (Lipinski definition) is 1. The van der Waals surface area contributed by atoms with E-state index < -0.39 is 5.60 Å². The highest BCUT2D eigenvalue weighted by Crippen LogP contribution is 2.39. The Morgan fingerprint density at radius 2 is 1.32 bits per heavy atom. The van der Waals surface area contributed by atoms with E-state index in [1.807, 2.05) is 74.8 Å². The first-order chi connectivity index (χ1) is 12.0. The fourth-order valence-electron chi connectivity index (χ4n) is 3.34. The first-order valence-corrected chi connectivity index (χ1v) is 8.60. The maximum absolute atomic E-state index is 12.0. The minimum Gasteiger partial charge on any atom is -0.376 e. The van der Waals surface area contributed by atoms with E-state index in [4.69, 9.17) is 0 Å². The van der Waals surface area contributed by atoms with Crippen LogP contribution in [-0.4, -0.2) is 24.1 Å². The van der Waals surface area contributed by atoms with E-state index in [9.17, 15) is 5.11 Å². The Labute approximate surface area is 150 Å². The first kappa shape index (κ1) is 17.4. The molecule has 0 bridgehead atoms. The molecule has 0 heterocycles. The van der Waals surface area contributed by atoms with Crippen molar-refractivity contribution in [2.75, 3.05) is 14.1 Å². The monoisotopic (exact) mass is 331 g/mol. The number of aliphatic hydroxyl groups is 1. The van der Waals surface area contributed by atoms with Crippen LogP contribution in [0.5, 0.6) is 0 Å². The lowest BCUT2D eigenvalue weighted by Crippen LogP contribution is -2.31. The average molecular weight is 331 g/mol. The van der Waals surface area contributed by atoms with Crippen molar-refractivity contribution in [3.63, 3.8) is 0 Å². The molecule has 0 radical (unpaired) electrons. The highest BCUT2D eigenvalue weighted by atomic mass is 16.3. The minimum absolute atomic E-state index is 0.775. The Bertz CT molecular complexity index is 786. The third-order valence-electron chi connectivity index (χ3n) is 4.52. The van der Waals surface area contributed by atoms with Crippen LogP contribution in [0.2, 0.25) is 0 Å². The van der Waals surface area contributed by atoms with Gasteiger partial charge in [0.05, 0.1) is 0 Å². The fraction of sp³-hybridized carbons (Fsp3) is 0.217. The molecule has 0 saturated heterocycles. The summed E-state index contributed by atoms with van der Waals surface area (Å²) in [7, 11) is 4.10. The molecule has 0 aliphatic rings. The van der Waals surface area contributed by atoms with Crippen LogP contribution in [0.4, 0.5) is 0 Å². The lowest BCUT2D eigenvalue weighted by molar-refractivity contribution is 0.124. The molecule has 0 aliphatic carbocycles. The molecule has 0 atom stereocenters. The average Bonchev–Trinajstić information content (AvgIpc) is 2.63. The predicted molar refractivity (Wildman–Crippen MR) is 104 cm³/mol. The summed E-state index contributed by atoms with van der Waals surface area (Å²) in [6.07, 6.45) is 0. The third-order valence-corrected chi connectivity index (χ3v) is 4.52. The molecule has 0 saturated carbocycles. The van der Waals surface area contributed by atoms with Gasteiger partial charge in [-0.2, -0.15) is 0 Å². The van der Waals surface area contributed by atoms with Gasteiger partial charge < -0.3 is 10.0 Å². The maximum Gasteiger partial charge on any atom is 0.140 e. The second-order valence-electron chi connectivity index (χ2n) is 6.84. The summed E-state index contributed by atoms with van der Waals surface area (Å²) in [5.74, 6) is 0. The van der Waals surface area contributed by atoms with E-state index in [-0.39, 0.29) is 0 Å². The Kier molecular flexibility index (Phi) is 5.03. The molecule has 0 amide bonds. The summed E-state index contributed by atoms with van der Waals surface area (Å²) in [5, 5.41) is 12.0. The van der Waals surface area contributed by atoms with Crippen molar-refractivity contribution < 1.29 is 5.11 Å². The van der Waals surface area contributed by atoms with Crippen LogP contribution in [0.1, 0.15) is 27.8 Å². The topological polar surface area (TPSA) is 23.5 Å². The molecule has 25 heavy (non-hydrogen) atoms. The minimum atomic E-state index is -1.18. The van der Waals surface area contributed by atoms with Crippen LogP contribution in [-0.2, 0) is 12.1 Å². The van der Waals surface area contributed by atoms with Crippen molar-refractivity contribution >= 4 is 0 Å². The van der Waals surface area contributed by atoms with Crippen molar-refractivity contribution in [3.05, 3.63) is 107 Å². The molecule has 3 aromatic carbocycles. The lowest BCUT2D eigenvalue weighted by atomic mass is 9.78. The van der Waals surface area contributed by atoms with E-state index in [0.717, 1.165) is 34.4 Å². The molecule has 2 heteroatoms. The van der Waals surface area contributed by atoms with Gasteiger partial charge in [-0.05, 0) is 43.3 Å². The Balaban J connectivity index is 2.28. The second kappa shape index (κ2) is 7.22. The molecule has 0 aromatic heterocycles. The van der Waals surface area contributed by atoms with Crippen molar-refractivity contribution in [2.24, 2.45) is 0 Å². The quantitative estimate of drug-likeness (QED) is 0.703. The zero-order valence-electron chi connectivity index (χ0n) is 15.1. The molecule has 128 valence electrons. The summed E-state index contributed by atoms with van der Waals surface area (Å²) >= 11 is 0. The molecular formula is C23H25NO. The van der Waals surface area contributed by atoms with Crippen LogP contribution in [0, 0.1) is 6.92 Å². The lowest BCUT2D eigenvalue weighted by Gasteiger charge is -2.33. The summed E-state index contributed by atoms with van der Waals surface area (Å²) in [5.41, 5.74) is 3.80. The van der Waals surface area contributed by atoms with Gasteiger partial charge in [-0.3, -0.25) is 0 Å². The van der Waals surface area contributed by atoms with Crippen molar-refractivity contribution in [3.8, 4) is 0 Å². The normalized spacial score (nSPS) is 11.7. The van der Waals surface area contributed by atoms with Crippen molar-refractivity contribution in [2.45, 2.75) is 19.1 Å². The highest BCUT2D eigenvalue weighted by molar-refractivity contribution is 5.50. The number of hydrogen-bond acceptors (Lipinski definition) is 2. The molecule has 0 aliphatic heterocycles. The number of aryl methyl sites for hydroxylation is 1. The van der Waals surface area contributed by atoms with E-state index in [1.54, 1.807) is 0 Å². The highest BCUT2D eigenvalue weighted by Gasteiger charge is 2.35. The zero-order valence-corrected chi connectivity index (χ0v) is 15.1. The smallest absolute Gasteiger partial charge is 0.140 e. The largest absolute Gasteiger partial charge is 0.376 e. The summed E-state index contributed by atoms with van der Waals surface area (Å²) in [6, 6.07) is 26.2. The van der Waals surface area contributed by atoms with E-state index in [0.29, 0.717) is 0 Å². The van der Waals surface area contributed by atoms with E-state index >= 15 is 0 Å². The standard InChI is InChI=1S/C23H25NO/c1-18-14-15-19(17-24(2)3)22(16-18)23(25,20-10-6-4-7-11-20)21-12-8-5-9-13-21/h4-16,25H,17H2,1-3H3. The van der Waals surface area contributed by atoms with Crippen LogP contribution in [0.25, 0.3) is 0 Å². The zero-order chi connectivity index (χ0) is 17.9. The second-order valence-corrected chi connectivity index (χ2v) is 6.84. The number of nitrogens with zero attached hydrogens (tertiary/aromatic N) is 1. The van der Waals surface area contributed by atoms with Gasteiger partial charge in [-0.15, -0.1) is 0 Å². The number of benzene rings is 3. The van der Waals surface area contributed by atoms with Crippen LogP contribution >= 0.6 is 0 Å². The summed E-state index contributed by atoms with van der Waals surface area (Å²) < 4.78 is 0. The van der Waals surface area contributed by atoms with Gasteiger partial charge in [0.15, 0.2) is 0 Å². The van der Waals surface area contributed by atoms with Gasteiger partial charge in [0, 0.05) is 6.54 Å². The number of rotatable bonds is 5. The van der Waals surface area contributed by atoms with Crippen LogP contribution in [0.3, 0.4) is 0 Å². The van der Waals surface area contributed by atoms with Gasteiger partial charge in [0.2, 0.25) is 0 Å². The maximum atomic E-state index is 12.0. The molecular weight excluding hydrogens is 306 g/mol. The molecule has 0 fully saturated rings. The fourth-order valence-corrected chi connectivity index (χ4v) is 3.34. The molecule has 0 spiro atoms. The van der Waals surface area contributed by atoms with Gasteiger partial charge in [0.1, 0.15) is 5.60 Å². The van der Waals surface area contributed by atoms with E-state index in [2.05, 4.69) is 30.0 Å². The summed E-state index contributed by atoms with van der Waals surface area (Å²) in [6.45, 7) is 2.84. The first-order valence-electron chi connectivity index (χ1n) is 8.60. The van der Waals surface area contributed by atoms with Crippen LogP contribution < -0.4 is 0 Å². The SMILES string of the molecule is Cc1ccc(CN(C)C)c(C(O)(c2ccccc2)c2ccccc2)c1. The Morgan fingerprint density at radius 1 is 0.800 bits per heavy atom. The van der Waals surface area contributed by atoms with Gasteiger partial charge in [-0.25, -0.2) is 0 Å². The molecule has 3 rings (SSSR count). The van der Waals surface area contributed by atoms with Gasteiger partial charge >= 0.3 is 0 Å². The third kappa shape index (κ3) is 3.51. The van der Waals surface area contributed by atoms with Gasteiger partial charge in [-0.1, -0.05) is 84.4 Å². The molecule has 2 nitrogen and oxygen atoms in total. The Hall–Kier alpha value is -2.42. The van der Waals surface area contributed by atoms with Gasteiger partial charge in [0.25, 0.3) is 0 Å².